The van der Waals surface area contributed by atoms with Crippen LogP contribution in [0.4, 0.5) is 5.95 Å². The minimum atomic E-state index is -0.0361. The molecule has 6 nitrogen and oxygen atoms in total. The van der Waals surface area contributed by atoms with Crippen LogP contribution in [0.25, 0.3) is 0 Å². The Labute approximate surface area is 153 Å². The number of rotatable bonds is 3. The molecule has 2 fully saturated rings. The standard InChI is InChI=1S/C20H24N4O2/c25-19(17-8-4-11-24(14-17)20-21-9-5-10-22-20)23-12-13-26-18(15-23)16-6-2-1-3-7-16/h1-3,5-7,9-10,17-18H,4,8,11-15H2. The van der Waals surface area contributed by atoms with Crippen LogP contribution in [-0.2, 0) is 9.53 Å². The van der Waals surface area contributed by atoms with E-state index in [1.807, 2.05) is 29.2 Å². The van der Waals surface area contributed by atoms with Gasteiger partial charge in [-0.25, -0.2) is 9.97 Å². The van der Waals surface area contributed by atoms with Gasteiger partial charge in [-0.1, -0.05) is 30.3 Å². The molecule has 2 aliphatic rings. The van der Waals surface area contributed by atoms with Crippen LogP contribution in [0.3, 0.4) is 0 Å². The Morgan fingerprint density at radius 3 is 2.65 bits per heavy atom. The normalized spacial score (nSPS) is 23.7. The topological polar surface area (TPSA) is 58.6 Å². The molecule has 0 saturated carbocycles. The van der Waals surface area contributed by atoms with Crippen LogP contribution in [0, 0.1) is 5.92 Å². The van der Waals surface area contributed by atoms with Gasteiger partial charge in [0.1, 0.15) is 6.10 Å². The number of anilines is 1. The van der Waals surface area contributed by atoms with Crippen LogP contribution in [0.5, 0.6) is 0 Å². The fraction of sp³-hybridized carbons (Fsp3) is 0.450. The summed E-state index contributed by atoms with van der Waals surface area (Å²) in [4.78, 5) is 25.9. The predicted molar refractivity (Wildman–Crippen MR) is 98.7 cm³/mol. The molecule has 136 valence electrons. The number of piperidine rings is 1. The van der Waals surface area contributed by atoms with Crippen molar-refractivity contribution in [2.24, 2.45) is 5.92 Å². The first-order valence-electron chi connectivity index (χ1n) is 9.28. The fourth-order valence-electron chi connectivity index (χ4n) is 3.79. The molecule has 0 aliphatic carbocycles. The highest BCUT2D eigenvalue weighted by Gasteiger charge is 2.33. The van der Waals surface area contributed by atoms with Gasteiger partial charge < -0.3 is 14.5 Å². The monoisotopic (exact) mass is 352 g/mol. The summed E-state index contributed by atoms with van der Waals surface area (Å²) in [5.74, 6) is 0.950. The van der Waals surface area contributed by atoms with Crippen molar-refractivity contribution in [2.45, 2.75) is 18.9 Å². The van der Waals surface area contributed by atoms with Gasteiger partial charge in [0, 0.05) is 32.0 Å². The molecule has 4 rings (SSSR count). The van der Waals surface area contributed by atoms with Crippen LogP contribution in [0.2, 0.25) is 0 Å². The zero-order valence-electron chi connectivity index (χ0n) is 14.8. The fourth-order valence-corrected chi connectivity index (χ4v) is 3.79. The van der Waals surface area contributed by atoms with Gasteiger partial charge in [0.05, 0.1) is 19.1 Å². The third-order valence-corrected chi connectivity index (χ3v) is 5.16. The van der Waals surface area contributed by atoms with Crippen molar-refractivity contribution < 1.29 is 9.53 Å². The molecule has 2 aromatic rings. The molecule has 0 bridgehead atoms. The highest BCUT2D eigenvalue weighted by Crippen LogP contribution is 2.26. The van der Waals surface area contributed by atoms with E-state index in [4.69, 9.17) is 4.74 Å². The first-order valence-corrected chi connectivity index (χ1v) is 9.28. The molecule has 6 heteroatoms. The SMILES string of the molecule is O=C(C1CCCN(c2ncccn2)C1)N1CCOC(c2ccccc2)C1. The molecule has 2 unspecified atom stereocenters. The van der Waals surface area contributed by atoms with Crippen LogP contribution in [0.15, 0.2) is 48.8 Å². The molecular weight excluding hydrogens is 328 g/mol. The maximum atomic E-state index is 13.1. The van der Waals surface area contributed by atoms with Crippen LogP contribution in [-0.4, -0.2) is 53.6 Å². The zero-order valence-corrected chi connectivity index (χ0v) is 14.8. The van der Waals surface area contributed by atoms with Crippen molar-refractivity contribution in [2.75, 3.05) is 37.7 Å². The molecule has 26 heavy (non-hydrogen) atoms. The van der Waals surface area contributed by atoms with E-state index in [0.29, 0.717) is 32.2 Å². The van der Waals surface area contributed by atoms with Gasteiger partial charge in [-0.3, -0.25) is 4.79 Å². The Bertz CT molecular complexity index is 664. The largest absolute Gasteiger partial charge is 0.370 e. The Balaban J connectivity index is 1.42. The van der Waals surface area contributed by atoms with Crippen molar-refractivity contribution in [1.29, 1.82) is 0 Å². The van der Waals surface area contributed by atoms with E-state index in [9.17, 15) is 4.79 Å². The molecular formula is C20H24N4O2. The van der Waals surface area contributed by atoms with E-state index in [1.54, 1.807) is 12.4 Å². The number of amides is 1. The summed E-state index contributed by atoms with van der Waals surface area (Å²) in [5, 5.41) is 0. The summed E-state index contributed by atoms with van der Waals surface area (Å²) in [6.07, 6.45) is 5.38. The first kappa shape index (κ1) is 17.0. The number of nitrogens with zero attached hydrogens (tertiary/aromatic N) is 4. The van der Waals surface area contributed by atoms with E-state index in [-0.39, 0.29) is 17.9 Å². The van der Waals surface area contributed by atoms with Crippen LogP contribution in [0.1, 0.15) is 24.5 Å². The average molecular weight is 352 g/mol. The average Bonchev–Trinajstić information content (AvgIpc) is 2.75. The second kappa shape index (κ2) is 7.83. The highest BCUT2D eigenvalue weighted by molar-refractivity contribution is 5.80. The molecule has 1 aromatic heterocycles. The number of benzene rings is 1. The summed E-state index contributed by atoms with van der Waals surface area (Å²) in [7, 11) is 0. The van der Waals surface area contributed by atoms with E-state index in [1.165, 1.54) is 0 Å². The molecule has 0 spiro atoms. The number of carbonyl (C=O) groups is 1. The maximum Gasteiger partial charge on any atom is 0.227 e. The minimum absolute atomic E-state index is 0.00193. The lowest BCUT2D eigenvalue weighted by Gasteiger charge is -2.38. The van der Waals surface area contributed by atoms with E-state index in [2.05, 4.69) is 27.0 Å². The second-order valence-corrected chi connectivity index (χ2v) is 6.89. The molecule has 1 amide bonds. The van der Waals surface area contributed by atoms with E-state index < -0.39 is 0 Å². The maximum absolute atomic E-state index is 13.1. The molecule has 2 saturated heterocycles. The summed E-state index contributed by atoms with van der Waals surface area (Å²) in [6, 6.07) is 12.0. The zero-order chi connectivity index (χ0) is 17.8. The van der Waals surface area contributed by atoms with E-state index >= 15 is 0 Å². The molecule has 0 radical (unpaired) electrons. The van der Waals surface area contributed by atoms with Gasteiger partial charge in [0.25, 0.3) is 0 Å². The third kappa shape index (κ3) is 3.70. The Hall–Kier alpha value is -2.47. The lowest BCUT2D eigenvalue weighted by molar-refractivity contribution is -0.143. The van der Waals surface area contributed by atoms with Gasteiger partial charge in [0.15, 0.2) is 0 Å². The third-order valence-electron chi connectivity index (χ3n) is 5.16. The summed E-state index contributed by atoms with van der Waals surface area (Å²) in [5.41, 5.74) is 1.13. The summed E-state index contributed by atoms with van der Waals surface area (Å²) in [6.45, 7) is 3.48. The van der Waals surface area contributed by atoms with Gasteiger partial charge in [-0.2, -0.15) is 0 Å². The summed E-state index contributed by atoms with van der Waals surface area (Å²) < 4.78 is 5.90. The lowest BCUT2D eigenvalue weighted by Crippen LogP contribution is -2.49. The van der Waals surface area contributed by atoms with Crippen molar-refractivity contribution in [3.05, 3.63) is 54.4 Å². The Morgan fingerprint density at radius 1 is 1.04 bits per heavy atom. The molecule has 1 aromatic carbocycles. The van der Waals surface area contributed by atoms with E-state index in [0.717, 1.165) is 24.9 Å². The van der Waals surface area contributed by atoms with Crippen molar-refractivity contribution in [3.8, 4) is 0 Å². The minimum Gasteiger partial charge on any atom is -0.370 e. The second-order valence-electron chi connectivity index (χ2n) is 6.89. The smallest absolute Gasteiger partial charge is 0.227 e. The van der Waals surface area contributed by atoms with Gasteiger partial charge in [0.2, 0.25) is 11.9 Å². The number of morpholine rings is 1. The lowest BCUT2D eigenvalue weighted by atomic mass is 9.96. The molecule has 2 aliphatic heterocycles. The Morgan fingerprint density at radius 2 is 1.85 bits per heavy atom. The van der Waals surface area contributed by atoms with Crippen molar-refractivity contribution >= 4 is 11.9 Å². The predicted octanol–water partition coefficient (Wildman–Crippen LogP) is 2.29. The molecule has 0 N–H and O–H groups in total. The number of ether oxygens (including phenoxy) is 1. The van der Waals surface area contributed by atoms with Crippen LogP contribution >= 0.6 is 0 Å². The van der Waals surface area contributed by atoms with Crippen molar-refractivity contribution in [3.63, 3.8) is 0 Å². The van der Waals surface area contributed by atoms with Gasteiger partial charge >= 0.3 is 0 Å². The first-order chi connectivity index (χ1) is 12.8. The number of carbonyl (C=O) groups excluding carboxylic acids is 1. The number of hydrogen-bond acceptors (Lipinski definition) is 5. The molecule has 2 atom stereocenters. The number of hydrogen-bond donors (Lipinski definition) is 0. The molecule has 3 heterocycles. The van der Waals surface area contributed by atoms with Crippen LogP contribution < -0.4 is 4.90 Å². The summed E-state index contributed by atoms with van der Waals surface area (Å²) >= 11 is 0. The number of aromatic nitrogens is 2. The quantitative estimate of drug-likeness (QED) is 0.848. The van der Waals surface area contributed by atoms with Crippen molar-refractivity contribution in [1.82, 2.24) is 14.9 Å². The van der Waals surface area contributed by atoms with Gasteiger partial charge in [-0.15, -0.1) is 0 Å². The Kier molecular flexibility index (Phi) is 5.11. The van der Waals surface area contributed by atoms with Gasteiger partial charge in [-0.05, 0) is 24.5 Å². The highest BCUT2D eigenvalue weighted by atomic mass is 16.5.